The zero-order valence-electron chi connectivity index (χ0n) is 15.2. The summed E-state index contributed by atoms with van der Waals surface area (Å²) in [4.78, 5) is 18.4. The third kappa shape index (κ3) is 3.27. The van der Waals surface area contributed by atoms with E-state index in [4.69, 9.17) is 4.42 Å². The summed E-state index contributed by atoms with van der Waals surface area (Å²) >= 11 is 0. The minimum atomic E-state index is -0.379. The highest BCUT2D eigenvalue weighted by atomic mass is 19.1. The molecule has 1 aliphatic rings. The number of pyridine rings is 1. The maximum Gasteiger partial charge on any atom is 0.291 e. The molecule has 0 atom stereocenters. The molecule has 2 aromatic heterocycles. The van der Waals surface area contributed by atoms with Gasteiger partial charge >= 0.3 is 0 Å². The van der Waals surface area contributed by atoms with Crippen molar-refractivity contribution in [3.63, 3.8) is 0 Å². The lowest BCUT2D eigenvalue weighted by molar-refractivity contribution is 0.0622. The van der Waals surface area contributed by atoms with Gasteiger partial charge < -0.3 is 14.6 Å². The molecule has 0 bridgehead atoms. The quantitative estimate of drug-likeness (QED) is 0.727. The van der Waals surface area contributed by atoms with Crippen molar-refractivity contribution >= 4 is 28.3 Å². The van der Waals surface area contributed by atoms with Gasteiger partial charge in [-0.25, -0.2) is 4.39 Å². The summed E-state index contributed by atoms with van der Waals surface area (Å²) in [5.74, 6) is -0.374. The number of benzene rings is 1. The van der Waals surface area contributed by atoms with Crippen LogP contribution in [-0.2, 0) is 0 Å². The molecular weight excluding hydrogens is 333 g/mol. The van der Waals surface area contributed by atoms with Crippen molar-refractivity contribution < 1.29 is 13.6 Å². The molecule has 0 radical (unpaired) electrons. The summed E-state index contributed by atoms with van der Waals surface area (Å²) in [6.07, 6.45) is 4.20. The Balaban J connectivity index is 0.000000948. The molecule has 1 N–H and O–H groups in total. The van der Waals surface area contributed by atoms with Gasteiger partial charge in [0.25, 0.3) is 5.91 Å². The topological polar surface area (TPSA) is 58.4 Å². The number of aromatic nitrogens is 1. The number of anilines is 2. The van der Waals surface area contributed by atoms with Gasteiger partial charge in [-0.15, -0.1) is 0 Å². The van der Waals surface area contributed by atoms with E-state index in [0.717, 1.165) is 12.0 Å². The fourth-order valence-corrected chi connectivity index (χ4v) is 2.74. The van der Waals surface area contributed by atoms with Crippen LogP contribution in [0, 0.1) is 12.7 Å². The minimum Gasteiger partial charge on any atom is -0.448 e. The summed E-state index contributed by atoms with van der Waals surface area (Å²) in [6.45, 7) is 7.25. The van der Waals surface area contributed by atoms with E-state index < -0.39 is 0 Å². The molecule has 0 aliphatic carbocycles. The summed E-state index contributed by atoms with van der Waals surface area (Å²) < 4.78 is 19.9. The molecule has 5 nitrogen and oxygen atoms in total. The number of aryl methyl sites for hydroxylation is 1. The number of hydrogen-bond donors (Lipinski definition) is 1. The average molecular weight is 355 g/mol. The zero-order valence-corrected chi connectivity index (χ0v) is 15.2. The first kappa shape index (κ1) is 17.9. The molecular formula is C20H22FN3O2. The van der Waals surface area contributed by atoms with Gasteiger partial charge in [0.05, 0.1) is 11.1 Å². The zero-order chi connectivity index (χ0) is 18.7. The van der Waals surface area contributed by atoms with Crippen molar-refractivity contribution in [2.45, 2.75) is 27.2 Å². The first-order valence-electron chi connectivity index (χ1n) is 8.82. The largest absolute Gasteiger partial charge is 0.448 e. The Morgan fingerprint density at radius 1 is 1.27 bits per heavy atom. The third-order valence-corrected chi connectivity index (χ3v) is 4.21. The van der Waals surface area contributed by atoms with Crippen LogP contribution in [0.4, 0.5) is 15.8 Å². The fraction of sp³-hybridized carbons (Fsp3) is 0.300. The number of hydrogen-bond acceptors (Lipinski definition) is 4. The van der Waals surface area contributed by atoms with Crippen LogP contribution >= 0.6 is 0 Å². The Labute approximate surface area is 151 Å². The number of furan rings is 1. The van der Waals surface area contributed by atoms with Gasteiger partial charge in [-0.1, -0.05) is 19.9 Å². The first-order valence-corrected chi connectivity index (χ1v) is 8.82. The van der Waals surface area contributed by atoms with Crippen molar-refractivity contribution in [3.05, 3.63) is 53.8 Å². The number of nitrogens with zero attached hydrogens (tertiary/aromatic N) is 2. The second-order valence-electron chi connectivity index (χ2n) is 5.93. The Morgan fingerprint density at radius 2 is 2.04 bits per heavy atom. The van der Waals surface area contributed by atoms with E-state index in [1.54, 1.807) is 29.4 Å². The maximum absolute atomic E-state index is 14.2. The van der Waals surface area contributed by atoms with Crippen LogP contribution in [-0.4, -0.2) is 28.9 Å². The molecule has 0 saturated carbocycles. The Kier molecular flexibility index (Phi) is 5.21. The van der Waals surface area contributed by atoms with Crippen molar-refractivity contribution in [2.24, 2.45) is 0 Å². The minimum absolute atomic E-state index is 0.188. The average Bonchev–Trinajstić information content (AvgIpc) is 2.96. The summed E-state index contributed by atoms with van der Waals surface area (Å²) in [5, 5.41) is 3.67. The second kappa shape index (κ2) is 7.56. The van der Waals surface area contributed by atoms with Gasteiger partial charge in [0.1, 0.15) is 17.1 Å². The van der Waals surface area contributed by atoms with Crippen LogP contribution in [0.3, 0.4) is 0 Å². The molecule has 26 heavy (non-hydrogen) atoms. The normalized spacial score (nSPS) is 13.0. The molecule has 1 amide bonds. The summed E-state index contributed by atoms with van der Waals surface area (Å²) in [7, 11) is 0. The van der Waals surface area contributed by atoms with E-state index in [0.29, 0.717) is 35.4 Å². The van der Waals surface area contributed by atoms with Gasteiger partial charge in [-0.3, -0.25) is 9.78 Å². The highest BCUT2D eigenvalue weighted by Gasteiger charge is 2.29. The van der Waals surface area contributed by atoms with Gasteiger partial charge in [-0.2, -0.15) is 0 Å². The molecule has 1 aliphatic heterocycles. The van der Waals surface area contributed by atoms with Crippen LogP contribution in [0.2, 0.25) is 0 Å². The lowest BCUT2D eigenvalue weighted by Crippen LogP contribution is -2.42. The SMILES string of the molecule is CC.Cc1ccc(Nc2c(C(=O)N3CCC3)oc3ccncc23)c(F)c1. The monoisotopic (exact) mass is 355 g/mol. The number of rotatable bonds is 3. The number of carbonyl (C=O) groups is 1. The van der Waals surface area contributed by atoms with Crippen molar-refractivity contribution in [1.29, 1.82) is 0 Å². The standard InChI is InChI=1S/C18H16FN3O2.C2H6/c1-11-3-4-14(13(19)9-11)21-16-12-10-20-6-5-15(12)24-17(16)18(23)22-7-2-8-22;1-2/h3-6,9-10,21H,2,7-8H2,1H3;1-2H3. The fourth-order valence-electron chi connectivity index (χ4n) is 2.74. The highest BCUT2D eigenvalue weighted by Crippen LogP contribution is 2.35. The number of fused-ring (bicyclic) bond motifs is 1. The van der Waals surface area contributed by atoms with E-state index in [-0.39, 0.29) is 17.5 Å². The Morgan fingerprint density at radius 3 is 2.69 bits per heavy atom. The van der Waals surface area contributed by atoms with Crippen LogP contribution in [0.5, 0.6) is 0 Å². The summed E-state index contributed by atoms with van der Waals surface area (Å²) in [6, 6.07) is 6.60. The van der Waals surface area contributed by atoms with Crippen LogP contribution in [0.1, 0.15) is 36.4 Å². The molecule has 6 heteroatoms. The van der Waals surface area contributed by atoms with Gasteiger partial charge in [-0.05, 0) is 37.1 Å². The Hall–Kier alpha value is -2.89. The van der Waals surface area contributed by atoms with E-state index in [1.807, 2.05) is 26.8 Å². The number of amides is 1. The van der Waals surface area contributed by atoms with E-state index in [2.05, 4.69) is 10.3 Å². The second-order valence-corrected chi connectivity index (χ2v) is 5.93. The Bertz CT molecular complexity index is 932. The molecule has 1 saturated heterocycles. The molecule has 1 aromatic carbocycles. The molecule has 3 heterocycles. The predicted octanol–water partition coefficient (Wildman–Crippen LogP) is 4.89. The molecule has 0 unspecified atom stereocenters. The van der Waals surface area contributed by atoms with Crippen LogP contribution in [0.25, 0.3) is 11.0 Å². The number of carbonyl (C=O) groups excluding carboxylic acids is 1. The van der Waals surface area contributed by atoms with Gasteiger partial charge in [0, 0.05) is 25.5 Å². The molecule has 136 valence electrons. The number of halogens is 1. The third-order valence-electron chi connectivity index (χ3n) is 4.21. The van der Waals surface area contributed by atoms with E-state index in [1.165, 1.54) is 6.07 Å². The predicted molar refractivity (Wildman–Crippen MR) is 100 cm³/mol. The van der Waals surface area contributed by atoms with Gasteiger partial charge in [0.2, 0.25) is 5.76 Å². The van der Waals surface area contributed by atoms with Crippen molar-refractivity contribution in [3.8, 4) is 0 Å². The molecule has 4 rings (SSSR count). The van der Waals surface area contributed by atoms with Crippen molar-refractivity contribution in [2.75, 3.05) is 18.4 Å². The molecule has 0 spiro atoms. The number of nitrogens with one attached hydrogen (secondary N) is 1. The first-order chi connectivity index (χ1) is 12.6. The lowest BCUT2D eigenvalue weighted by atomic mass is 10.1. The maximum atomic E-state index is 14.2. The van der Waals surface area contributed by atoms with E-state index in [9.17, 15) is 9.18 Å². The van der Waals surface area contributed by atoms with Crippen LogP contribution < -0.4 is 5.32 Å². The van der Waals surface area contributed by atoms with E-state index >= 15 is 0 Å². The smallest absolute Gasteiger partial charge is 0.291 e. The highest BCUT2D eigenvalue weighted by molar-refractivity contribution is 6.07. The number of likely N-dealkylation sites (tertiary alicyclic amines) is 1. The van der Waals surface area contributed by atoms with Crippen molar-refractivity contribution in [1.82, 2.24) is 9.88 Å². The molecule has 1 fully saturated rings. The summed E-state index contributed by atoms with van der Waals surface area (Å²) in [5.41, 5.74) is 2.13. The lowest BCUT2D eigenvalue weighted by Gasteiger charge is -2.30. The van der Waals surface area contributed by atoms with Gasteiger partial charge in [0.15, 0.2) is 0 Å². The molecule has 3 aromatic rings. The van der Waals surface area contributed by atoms with Crippen LogP contribution in [0.15, 0.2) is 41.1 Å².